The van der Waals surface area contributed by atoms with Gasteiger partial charge in [-0.2, -0.15) is 0 Å². The van der Waals surface area contributed by atoms with Crippen LogP contribution in [0.15, 0.2) is 47.8 Å². The monoisotopic (exact) mass is 414 g/mol. The summed E-state index contributed by atoms with van der Waals surface area (Å²) in [7, 11) is 3.16. The molecule has 3 rings (SSSR count). The van der Waals surface area contributed by atoms with Crippen LogP contribution >= 0.6 is 11.8 Å². The minimum absolute atomic E-state index is 0.108. The van der Waals surface area contributed by atoms with Gasteiger partial charge in [0.25, 0.3) is 0 Å². The number of carbonyl (C=O) groups is 2. The molecule has 9 heteroatoms. The van der Waals surface area contributed by atoms with E-state index in [4.69, 9.17) is 4.74 Å². The van der Waals surface area contributed by atoms with Gasteiger partial charge >= 0.3 is 5.97 Å². The molecule has 0 saturated carbocycles. The molecule has 0 unspecified atom stereocenters. The number of imidazole rings is 1. The van der Waals surface area contributed by atoms with Gasteiger partial charge in [-0.25, -0.2) is 14.4 Å². The Bertz CT molecular complexity index is 1050. The molecule has 0 aliphatic heterocycles. The fourth-order valence-corrected chi connectivity index (χ4v) is 3.56. The number of pyridine rings is 1. The number of hydrogen-bond donors (Lipinski definition) is 1. The maximum atomic E-state index is 13.4. The molecule has 0 fully saturated rings. The van der Waals surface area contributed by atoms with Crippen molar-refractivity contribution >= 4 is 29.5 Å². The average Bonchev–Trinajstić information content (AvgIpc) is 3.02. The lowest BCUT2D eigenvalue weighted by Gasteiger charge is -2.09. The molecule has 1 N–H and O–H groups in total. The number of halogens is 1. The Morgan fingerprint density at radius 3 is 2.59 bits per heavy atom. The van der Waals surface area contributed by atoms with Crippen LogP contribution in [-0.4, -0.2) is 39.3 Å². The van der Waals surface area contributed by atoms with Crippen LogP contribution in [0, 0.1) is 5.82 Å². The highest BCUT2D eigenvalue weighted by atomic mass is 32.2. The van der Waals surface area contributed by atoms with Gasteiger partial charge in [0, 0.05) is 31.3 Å². The number of hydrogen-bond acceptors (Lipinski definition) is 6. The second-order valence-electron chi connectivity index (χ2n) is 6.13. The smallest absolute Gasteiger partial charge is 0.316 e. The van der Waals surface area contributed by atoms with Gasteiger partial charge in [0.15, 0.2) is 5.16 Å². The number of thioether (sulfide) groups is 1. The highest BCUT2D eigenvalue weighted by Crippen LogP contribution is 2.35. The summed E-state index contributed by atoms with van der Waals surface area (Å²) in [6, 6.07) is 9.55. The van der Waals surface area contributed by atoms with Crippen LogP contribution in [0.2, 0.25) is 0 Å². The van der Waals surface area contributed by atoms with E-state index in [1.807, 2.05) is 11.6 Å². The van der Waals surface area contributed by atoms with Crippen LogP contribution in [0.4, 0.5) is 10.2 Å². The van der Waals surface area contributed by atoms with Crippen molar-refractivity contribution in [2.24, 2.45) is 7.05 Å². The molecule has 0 atom stereocenters. The number of nitrogens with zero attached hydrogens (tertiary/aromatic N) is 3. The quantitative estimate of drug-likeness (QED) is 0.491. The van der Waals surface area contributed by atoms with Crippen LogP contribution < -0.4 is 5.32 Å². The number of ether oxygens (including phenoxy) is 1. The summed E-state index contributed by atoms with van der Waals surface area (Å²) in [4.78, 5) is 31.7. The van der Waals surface area contributed by atoms with Crippen LogP contribution in [0.1, 0.15) is 6.92 Å². The molecule has 0 spiro atoms. The molecule has 0 saturated heterocycles. The Balaban J connectivity index is 2.10. The van der Waals surface area contributed by atoms with E-state index >= 15 is 0 Å². The van der Waals surface area contributed by atoms with E-state index in [9.17, 15) is 14.0 Å². The van der Waals surface area contributed by atoms with Crippen molar-refractivity contribution in [1.82, 2.24) is 14.5 Å². The van der Waals surface area contributed by atoms with E-state index in [1.165, 1.54) is 37.9 Å². The molecule has 0 aliphatic carbocycles. The third-order valence-corrected chi connectivity index (χ3v) is 5.06. The van der Waals surface area contributed by atoms with Gasteiger partial charge in [-0.15, -0.1) is 0 Å². The first-order chi connectivity index (χ1) is 13.9. The molecule has 7 nitrogen and oxygen atoms in total. The average molecular weight is 414 g/mol. The highest BCUT2D eigenvalue weighted by Gasteiger charge is 2.20. The molecule has 0 radical (unpaired) electrons. The molecular weight excluding hydrogens is 395 g/mol. The van der Waals surface area contributed by atoms with Crippen LogP contribution in [0.5, 0.6) is 0 Å². The van der Waals surface area contributed by atoms with E-state index < -0.39 is 0 Å². The number of benzene rings is 1. The number of amides is 1. The summed E-state index contributed by atoms with van der Waals surface area (Å²) >= 11 is 1.24. The lowest BCUT2D eigenvalue weighted by Crippen LogP contribution is -2.07. The molecule has 2 heterocycles. The molecule has 3 aromatic rings. The SMILES string of the molecule is COC(=O)CSc1nc(-c2ccc(F)cc2)c(-c2ccnc(NC(C)=O)c2)n1C. The van der Waals surface area contributed by atoms with Gasteiger partial charge in [-0.05, 0) is 36.4 Å². The van der Waals surface area contributed by atoms with Gasteiger partial charge in [-0.1, -0.05) is 11.8 Å². The zero-order chi connectivity index (χ0) is 21.0. The van der Waals surface area contributed by atoms with Gasteiger partial charge in [-0.3, -0.25) is 9.59 Å². The standard InChI is InChI=1S/C20H19FN4O3S/c1-12(26)23-16-10-14(8-9-22-16)19-18(13-4-6-15(21)7-5-13)24-20(25(19)2)29-11-17(27)28-3/h4-10H,11H2,1-3H3,(H,22,23,26). The molecule has 150 valence electrons. The summed E-state index contributed by atoms with van der Waals surface area (Å²) in [6.45, 7) is 1.41. The maximum absolute atomic E-state index is 13.4. The Labute approximate surface area is 171 Å². The lowest BCUT2D eigenvalue weighted by atomic mass is 10.1. The second-order valence-corrected chi connectivity index (χ2v) is 7.08. The molecule has 0 aliphatic rings. The van der Waals surface area contributed by atoms with E-state index in [2.05, 4.69) is 15.3 Å². The first kappa shape index (κ1) is 20.5. The number of methoxy groups -OCH3 is 1. The van der Waals surface area contributed by atoms with Gasteiger partial charge in [0.2, 0.25) is 5.91 Å². The van der Waals surface area contributed by atoms with E-state index in [0.29, 0.717) is 16.7 Å². The first-order valence-electron chi connectivity index (χ1n) is 8.65. The third kappa shape index (κ3) is 4.80. The number of carbonyl (C=O) groups excluding carboxylic acids is 2. The fraction of sp³-hybridized carbons (Fsp3) is 0.200. The summed E-state index contributed by atoms with van der Waals surface area (Å²) in [5.74, 6) is -0.419. The highest BCUT2D eigenvalue weighted by molar-refractivity contribution is 7.99. The third-order valence-electron chi connectivity index (χ3n) is 4.06. The van der Waals surface area contributed by atoms with E-state index in [1.54, 1.807) is 30.5 Å². The van der Waals surface area contributed by atoms with Crippen LogP contribution in [-0.2, 0) is 21.4 Å². The van der Waals surface area contributed by atoms with Crippen molar-refractivity contribution in [1.29, 1.82) is 0 Å². The van der Waals surface area contributed by atoms with E-state index in [0.717, 1.165) is 16.8 Å². The number of anilines is 1. The molecule has 1 amide bonds. The predicted octanol–water partition coefficient (Wildman–Crippen LogP) is 3.51. The minimum Gasteiger partial charge on any atom is -0.468 e. The van der Waals surface area contributed by atoms with Gasteiger partial charge < -0.3 is 14.6 Å². The number of nitrogens with one attached hydrogen (secondary N) is 1. The minimum atomic E-state index is -0.361. The van der Waals surface area contributed by atoms with Crippen molar-refractivity contribution < 1.29 is 18.7 Å². The number of esters is 1. The molecular formula is C20H19FN4O3S. The summed E-state index contributed by atoms with van der Waals surface area (Å²) in [6.07, 6.45) is 1.59. The Hall–Kier alpha value is -3.20. The topological polar surface area (TPSA) is 86.1 Å². The molecule has 2 aromatic heterocycles. The second kappa shape index (κ2) is 8.87. The number of aromatic nitrogens is 3. The Morgan fingerprint density at radius 1 is 1.21 bits per heavy atom. The largest absolute Gasteiger partial charge is 0.468 e. The number of rotatable bonds is 6. The van der Waals surface area contributed by atoms with Gasteiger partial charge in [0.1, 0.15) is 11.6 Å². The predicted molar refractivity (Wildman–Crippen MR) is 109 cm³/mol. The summed E-state index contributed by atoms with van der Waals surface area (Å²) in [5.41, 5.74) is 2.86. The normalized spacial score (nSPS) is 10.6. The molecule has 0 bridgehead atoms. The van der Waals surface area contributed by atoms with E-state index in [-0.39, 0.29) is 23.4 Å². The summed E-state index contributed by atoms with van der Waals surface area (Å²) < 4.78 is 19.9. The first-order valence-corrected chi connectivity index (χ1v) is 9.64. The van der Waals surface area contributed by atoms with Crippen molar-refractivity contribution in [2.75, 3.05) is 18.2 Å². The lowest BCUT2D eigenvalue weighted by molar-refractivity contribution is -0.137. The Kier molecular flexibility index (Phi) is 6.28. The van der Waals surface area contributed by atoms with Crippen LogP contribution in [0.25, 0.3) is 22.5 Å². The van der Waals surface area contributed by atoms with Crippen molar-refractivity contribution in [3.05, 3.63) is 48.4 Å². The fourth-order valence-electron chi connectivity index (χ4n) is 2.76. The van der Waals surface area contributed by atoms with Crippen LogP contribution in [0.3, 0.4) is 0 Å². The van der Waals surface area contributed by atoms with Crippen molar-refractivity contribution in [3.8, 4) is 22.5 Å². The maximum Gasteiger partial charge on any atom is 0.316 e. The van der Waals surface area contributed by atoms with Crippen molar-refractivity contribution in [3.63, 3.8) is 0 Å². The zero-order valence-electron chi connectivity index (χ0n) is 16.1. The summed E-state index contributed by atoms with van der Waals surface area (Å²) in [5, 5.41) is 3.26. The Morgan fingerprint density at radius 2 is 1.93 bits per heavy atom. The van der Waals surface area contributed by atoms with Gasteiger partial charge in [0.05, 0.1) is 24.3 Å². The molecule has 29 heavy (non-hydrogen) atoms. The zero-order valence-corrected chi connectivity index (χ0v) is 16.9. The van der Waals surface area contributed by atoms with Crippen molar-refractivity contribution in [2.45, 2.75) is 12.1 Å². The molecule has 1 aromatic carbocycles.